The summed E-state index contributed by atoms with van der Waals surface area (Å²) in [6.07, 6.45) is 7.21. The van der Waals surface area contributed by atoms with Crippen LogP contribution in [-0.2, 0) is 19.5 Å². The number of hydrogen-bond donors (Lipinski definition) is 0. The Bertz CT molecular complexity index is 3710. The molecule has 0 saturated carbocycles. The van der Waals surface area contributed by atoms with Gasteiger partial charge < -0.3 is 28.8 Å². The van der Waals surface area contributed by atoms with Crippen molar-refractivity contribution >= 4 is 71.7 Å². The SMILES string of the molecule is COc1ccc(N=c2cc3n(-c4ccc(OC)cc4)c4cc(OC)ccc4nc-3cc2[N-]c2ccc(OC)cc2)cc1.[O-][Cl+3]([O-])([O-])[O-].[Ru+2].c1cnc2c(c1)ccc1cccnc12.c1cnc2c(c1)ccc1cccnc12. The fraction of sp³-hybridized carbons (Fsp3) is 0.0690. The maximum Gasteiger partial charge on any atom is 2.00 e. The van der Waals surface area contributed by atoms with Gasteiger partial charge in [-0.3, -0.25) is 24.9 Å². The molecule has 0 fully saturated rings. The Balaban J connectivity index is 0.000000180. The van der Waals surface area contributed by atoms with Crippen molar-refractivity contribution in [3.63, 3.8) is 0 Å². The van der Waals surface area contributed by atoms with E-state index in [4.69, 9.17) is 52.9 Å². The topological polar surface area (TPSA) is 225 Å². The molecule has 0 N–H and O–H groups in total. The summed E-state index contributed by atoms with van der Waals surface area (Å²) in [7, 11) is 1.66. The summed E-state index contributed by atoms with van der Waals surface area (Å²) in [5.74, 6) is 3.04. The first-order valence-electron chi connectivity index (χ1n) is 23.0. The molecule has 5 heterocycles. The average molecular weight is 1120 g/mol. The molecular weight excluding hydrogens is 1070 g/mol. The maximum absolute atomic E-state index is 8.49. The molecule has 0 saturated heterocycles. The number of rotatable bonds is 8. The molecule has 6 aromatic carbocycles. The van der Waals surface area contributed by atoms with Crippen molar-refractivity contribution in [2.75, 3.05) is 28.4 Å². The van der Waals surface area contributed by atoms with E-state index in [2.05, 4.69) is 73.0 Å². The van der Waals surface area contributed by atoms with E-state index >= 15 is 0 Å². The molecule has 1 aliphatic carbocycles. The van der Waals surface area contributed by atoms with Crippen LogP contribution in [-0.4, -0.2) is 57.9 Å². The van der Waals surface area contributed by atoms with Crippen LogP contribution in [0, 0.1) is 10.2 Å². The van der Waals surface area contributed by atoms with Gasteiger partial charge in [-0.25, -0.2) is 23.6 Å². The van der Waals surface area contributed by atoms with Crippen LogP contribution in [0.5, 0.6) is 23.0 Å². The summed E-state index contributed by atoms with van der Waals surface area (Å²) < 4.78 is 57.8. The van der Waals surface area contributed by atoms with E-state index in [1.807, 2.05) is 127 Å². The third-order valence-electron chi connectivity index (χ3n) is 11.6. The van der Waals surface area contributed by atoms with Gasteiger partial charge in [0.2, 0.25) is 0 Å². The standard InChI is InChI=1S/C34H29N4O4.2C12H8N2.ClHO4.Ru/c1-39-25-11-5-22(6-12-25)35-30-20-32-34(21-31(30)36-23-7-13-26(40-2)14-8-23)38(24-9-15-27(41-3)16-10-24)33-19-28(42-4)17-18-29(33)37-32;2*1-3-9-5-6-10-4-2-8-14-12(10)11(9)13-7-1;2-1(3,4)5;/h5-21H,1-4H3;2*1-8H;(H,2,3,4,5);/q-1;;;;+2/p-1. The fourth-order valence-electron chi connectivity index (χ4n) is 8.13. The summed E-state index contributed by atoms with van der Waals surface area (Å²) in [6, 6.07) is 57.3. The zero-order chi connectivity index (χ0) is 52.3. The molecule has 2 aliphatic rings. The molecule has 18 heteroatoms. The Labute approximate surface area is 451 Å². The number of methoxy groups -OCH3 is 4. The van der Waals surface area contributed by atoms with Crippen molar-refractivity contribution in [3.05, 3.63) is 211 Å². The maximum atomic E-state index is 8.49. The Kier molecular flexibility index (Phi) is 17.3. The number of pyridine rings is 4. The third kappa shape index (κ3) is 13.0. The van der Waals surface area contributed by atoms with Gasteiger partial charge in [0, 0.05) is 58.1 Å². The van der Waals surface area contributed by atoms with Crippen LogP contribution in [0.2, 0.25) is 0 Å². The van der Waals surface area contributed by atoms with Gasteiger partial charge >= 0.3 is 19.5 Å². The van der Waals surface area contributed by atoms with Crippen molar-refractivity contribution in [2.24, 2.45) is 4.99 Å². The van der Waals surface area contributed by atoms with Gasteiger partial charge in [0.05, 0.1) is 84.0 Å². The molecule has 0 radical (unpaired) electrons. The van der Waals surface area contributed by atoms with Crippen LogP contribution in [0.4, 0.5) is 17.1 Å². The van der Waals surface area contributed by atoms with Gasteiger partial charge in [-0.05, 0) is 109 Å². The summed E-state index contributed by atoms with van der Waals surface area (Å²) in [5.41, 5.74) is 10.4. The number of benzene rings is 7. The van der Waals surface area contributed by atoms with Gasteiger partial charge in [0.1, 0.15) is 23.0 Å². The first-order valence-corrected chi connectivity index (χ1v) is 24.2. The molecule has 0 bridgehead atoms. The minimum Gasteiger partial charge on any atom is -0.656 e. The van der Waals surface area contributed by atoms with Gasteiger partial charge in [-0.15, -0.1) is 21.6 Å². The number of ether oxygens (including phenoxy) is 4. The zero-order valence-electron chi connectivity index (χ0n) is 41.1. The van der Waals surface area contributed by atoms with Crippen LogP contribution < -0.4 is 42.9 Å². The molecular formula is C58H45ClN8O8Ru. The summed E-state index contributed by atoms with van der Waals surface area (Å²) in [6.45, 7) is 0. The van der Waals surface area contributed by atoms with Crippen molar-refractivity contribution in [1.82, 2.24) is 29.5 Å². The van der Waals surface area contributed by atoms with Crippen LogP contribution in [0.1, 0.15) is 0 Å². The summed E-state index contributed by atoms with van der Waals surface area (Å²) >= 11 is 0. The molecule has 76 heavy (non-hydrogen) atoms. The largest absolute Gasteiger partial charge is 2.00 e. The first-order chi connectivity index (χ1) is 36.5. The molecule has 0 spiro atoms. The van der Waals surface area contributed by atoms with Crippen molar-refractivity contribution < 1.29 is 67.3 Å². The number of hydrogen-bond acceptors (Lipinski definition) is 14. The molecule has 12 rings (SSSR count). The second-order valence-electron chi connectivity index (χ2n) is 16.3. The number of nitrogens with zero attached hydrogens (tertiary/aromatic N) is 8. The fourth-order valence-corrected chi connectivity index (χ4v) is 8.13. The predicted octanol–water partition coefficient (Wildman–Crippen LogP) is 8.54. The Morgan fingerprint density at radius 3 is 1.32 bits per heavy atom. The quantitative estimate of drug-likeness (QED) is 0.0791. The van der Waals surface area contributed by atoms with Crippen LogP contribution in [0.3, 0.4) is 0 Å². The predicted molar refractivity (Wildman–Crippen MR) is 279 cm³/mol. The second-order valence-corrected chi connectivity index (χ2v) is 17.0. The van der Waals surface area contributed by atoms with Crippen LogP contribution >= 0.6 is 0 Å². The minimum atomic E-state index is -4.94. The van der Waals surface area contributed by atoms with E-state index < -0.39 is 10.2 Å². The molecule has 4 aromatic heterocycles. The molecule has 0 amide bonds. The van der Waals surface area contributed by atoms with Crippen LogP contribution in [0.25, 0.3) is 77.0 Å². The smallest absolute Gasteiger partial charge is 0.656 e. The van der Waals surface area contributed by atoms with Crippen molar-refractivity contribution in [1.29, 1.82) is 0 Å². The first kappa shape index (κ1) is 53.6. The molecule has 16 nitrogen and oxygen atoms in total. The Morgan fingerprint density at radius 2 is 0.882 bits per heavy atom. The molecule has 10 aromatic rings. The average Bonchev–Trinajstić information content (AvgIpc) is 3.49. The van der Waals surface area contributed by atoms with E-state index in [-0.39, 0.29) is 19.5 Å². The summed E-state index contributed by atoms with van der Waals surface area (Å²) in [4.78, 5) is 27.4. The van der Waals surface area contributed by atoms with Gasteiger partial charge in [-0.2, -0.15) is 0 Å². The Hall–Kier alpha value is -8.67. The van der Waals surface area contributed by atoms with E-state index in [1.54, 1.807) is 53.2 Å². The molecule has 380 valence electrons. The van der Waals surface area contributed by atoms with E-state index in [1.165, 1.54) is 0 Å². The van der Waals surface area contributed by atoms with Gasteiger partial charge in [0.25, 0.3) is 0 Å². The number of aromatic nitrogens is 6. The number of halogens is 1. The van der Waals surface area contributed by atoms with E-state index in [0.717, 1.165) is 106 Å². The molecule has 0 unspecified atom stereocenters. The third-order valence-corrected chi connectivity index (χ3v) is 11.6. The van der Waals surface area contributed by atoms with Gasteiger partial charge in [-0.1, -0.05) is 60.7 Å². The second kappa shape index (κ2) is 24.6. The van der Waals surface area contributed by atoms with Crippen molar-refractivity contribution in [2.45, 2.75) is 0 Å². The minimum absolute atomic E-state index is 0. The van der Waals surface area contributed by atoms with E-state index in [0.29, 0.717) is 11.0 Å². The zero-order valence-corrected chi connectivity index (χ0v) is 43.6. The van der Waals surface area contributed by atoms with Crippen LogP contribution in [0.15, 0.2) is 206 Å². The normalized spacial score (nSPS) is 11.1. The van der Waals surface area contributed by atoms with E-state index in [9.17, 15) is 0 Å². The Morgan fingerprint density at radius 1 is 0.474 bits per heavy atom. The monoisotopic (exact) mass is 1120 g/mol. The molecule has 1 aliphatic heterocycles. The van der Waals surface area contributed by atoms with Gasteiger partial charge in [0.15, 0.2) is 0 Å². The molecule has 0 atom stereocenters. The number of fused-ring (bicyclic) bond motifs is 8. The summed E-state index contributed by atoms with van der Waals surface area (Å²) in [5, 5.41) is 10.2. The van der Waals surface area contributed by atoms with Crippen molar-refractivity contribution in [3.8, 4) is 40.1 Å².